The van der Waals surface area contributed by atoms with Crippen molar-refractivity contribution in [3.63, 3.8) is 0 Å². The van der Waals surface area contributed by atoms with Crippen LogP contribution in [0.3, 0.4) is 0 Å². The fourth-order valence-corrected chi connectivity index (χ4v) is 3.43. The molecule has 1 aromatic carbocycles. The van der Waals surface area contributed by atoms with Crippen molar-refractivity contribution < 1.29 is 23.0 Å². The third-order valence-corrected chi connectivity index (χ3v) is 4.69. The summed E-state index contributed by atoms with van der Waals surface area (Å²) in [6.45, 7) is 3.35. The smallest absolute Gasteiger partial charge is 0.508 e. The van der Waals surface area contributed by atoms with E-state index < -0.39 is 6.36 Å². The Hall–Kier alpha value is -1.47. The number of phenols is 1. The lowest BCUT2D eigenvalue weighted by Crippen LogP contribution is -2.47. The van der Waals surface area contributed by atoms with Gasteiger partial charge < -0.3 is 15.2 Å². The molecule has 0 amide bonds. The Morgan fingerprint density at radius 2 is 1.91 bits per heavy atom. The molecule has 1 atom stereocenters. The van der Waals surface area contributed by atoms with Crippen LogP contribution in [0.4, 0.5) is 13.2 Å². The van der Waals surface area contributed by atoms with Gasteiger partial charge in [-0.15, -0.1) is 13.2 Å². The number of hydrogen-bond donors (Lipinski definition) is 2. The van der Waals surface area contributed by atoms with E-state index in [1.807, 2.05) is 0 Å². The summed E-state index contributed by atoms with van der Waals surface area (Å²) in [6.07, 6.45) is -1.52. The first-order valence-electron chi connectivity index (χ1n) is 7.97. The molecular weight excluding hydrogens is 309 g/mol. The highest BCUT2D eigenvalue weighted by molar-refractivity contribution is 5.42. The van der Waals surface area contributed by atoms with Crippen LogP contribution in [0.5, 0.6) is 11.5 Å². The highest BCUT2D eigenvalue weighted by Gasteiger charge is 2.36. The third-order valence-electron chi connectivity index (χ3n) is 4.69. The molecule has 3 rings (SSSR count). The lowest BCUT2D eigenvalue weighted by Gasteiger charge is -2.43. The average Bonchev–Trinajstić information content (AvgIpc) is 2.44. The molecule has 0 bridgehead atoms. The molecule has 1 aliphatic heterocycles. The molecule has 23 heavy (non-hydrogen) atoms. The molecule has 2 fully saturated rings. The summed E-state index contributed by atoms with van der Waals surface area (Å²) < 4.78 is 41.4. The van der Waals surface area contributed by atoms with Crippen LogP contribution in [0.1, 0.15) is 30.9 Å². The SMILES string of the molecule is Oc1ccc(OC(F)(F)F)cc1[C@H](C1CCC1)N1CCNCC1. The van der Waals surface area contributed by atoms with Gasteiger partial charge in [0.2, 0.25) is 0 Å². The third kappa shape index (κ3) is 3.90. The Kier molecular flexibility index (Phi) is 4.68. The van der Waals surface area contributed by atoms with E-state index in [4.69, 9.17) is 0 Å². The predicted molar refractivity (Wildman–Crippen MR) is 79.3 cm³/mol. The number of hydrogen-bond acceptors (Lipinski definition) is 4. The number of halogens is 3. The van der Waals surface area contributed by atoms with Crippen LogP contribution in [-0.4, -0.2) is 42.5 Å². The quantitative estimate of drug-likeness (QED) is 0.891. The zero-order chi connectivity index (χ0) is 16.4. The van der Waals surface area contributed by atoms with Gasteiger partial charge in [0.25, 0.3) is 0 Å². The van der Waals surface area contributed by atoms with Crippen molar-refractivity contribution in [1.29, 1.82) is 0 Å². The summed E-state index contributed by atoms with van der Waals surface area (Å²) in [6, 6.07) is 3.74. The lowest BCUT2D eigenvalue weighted by molar-refractivity contribution is -0.274. The van der Waals surface area contributed by atoms with Crippen molar-refractivity contribution in [2.24, 2.45) is 5.92 Å². The van der Waals surface area contributed by atoms with Crippen molar-refractivity contribution in [1.82, 2.24) is 10.2 Å². The van der Waals surface area contributed by atoms with Crippen LogP contribution in [0, 0.1) is 5.92 Å². The molecule has 0 aromatic heterocycles. The standard InChI is InChI=1S/C16H21F3N2O2/c17-16(18,19)23-12-4-5-14(22)13(10-12)15(11-2-1-3-11)21-8-6-20-7-9-21/h4-5,10-11,15,20,22H,1-3,6-9H2/t15-/m0/s1. The van der Waals surface area contributed by atoms with E-state index in [0.717, 1.165) is 51.5 Å². The second-order valence-corrected chi connectivity index (χ2v) is 6.19. The first kappa shape index (κ1) is 16.4. The number of benzene rings is 1. The van der Waals surface area contributed by atoms with Crippen molar-refractivity contribution in [2.75, 3.05) is 26.2 Å². The maximum atomic E-state index is 12.5. The van der Waals surface area contributed by atoms with Crippen LogP contribution >= 0.6 is 0 Å². The van der Waals surface area contributed by atoms with Gasteiger partial charge in [0.15, 0.2) is 0 Å². The van der Waals surface area contributed by atoms with E-state index >= 15 is 0 Å². The topological polar surface area (TPSA) is 44.7 Å². The Morgan fingerprint density at radius 1 is 1.22 bits per heavy atom. The minimum Gasteiger partial charge on any atom is -0.508 e. The summed E-state index contributed by atoms with van der Waals surface area (Å²) in [5.74, 6) is 0.139. The van der Waals surface area contributed by atoms with Crippen molar-refractivity contribution in [2.45, 2.75) is 31.7 Å². The zero-order valence-corrected chi connectivity index (χ0v) is 12.8. The predicted octanol–water partition coefficient (Wildman–Crippen LogP) is 3.04. The summed E-state index contributed by atoms with van der Waals surface area (Å²) in [5.41, 5.74) is 0.540. The van der Waals surface area contributed by atoms with E-state index in [2.05, 4.69) is 15.0 Å². The van der Waals surface area contributed by atoms with Gasteiger partial charge in [0.1, 0.15) is 11.5 Å². The molecule has 4 nitrogen and oxygen atoms in total. The lowest BCUT2D eigenvalue weighted by atomic mass is 9.76. The minimum absolute atomic E-state index is 0.0370. The number of ether oxygens (including phenoxy) is 1. The van der Waals surface area contributed by atoms with Crippen LogP contribution in [-0.2, 0) is 0 Å². The van der Waals surface area contributed by atoms with E-state index in [-0.39, 0.29) is 17.5 Å². The normalized spacial score (nSPS) is 21.7. The van der Waals surface area contributed by atoms with Crippen LogP contribution in [0.25, 0.3) is 0 Å². The molecule has 1 aliphatic carbocycles. The Labute approximate surface area is 133 Å². The van der Waals surface area contributed by atoms with Crippen LogP contribution in [0.15, 0.2) is 18.2 Å². The minimum atomic E-state index is -4.73. The van der Waals surface area contributed by atoms with Crippen LogP contribution in [0.2, 0.25) is 0 Å². The summed E-state index contributed by atoms with van der Waals surface area (Å²) >= 11 is 0. The van der Waals surface area contributed by atoms with E-state index in [1.165, 1.54) is 12.1 Å². The molecule has 2 aliphatic rings. The monoisotopic (exact) mass is 330 g/mol. The molecule has 0 spiro atoms. The van der Waals surface area contributed by atoms with Gasteiger partial charge in [-0.25, -0.2) is 0 Å². The van der Waals surface area contributed by atoms with Crippen molar-refractivity contribution in [3.05, 3.63) is 23.8 Å². The molecule has 0 radical (unpaired) electrons. The number of piperazine rings is 1. The van der Waals surface area contributed by atoms with Crippen LogP contribution < -0.4 is 10.1 Å². The number of rotatable bonds is 4. The fourth-order valence-electron chi connectivity index (χ4n) is 3.43. The number of aromatic hydroxyl groups is 1. The van der Waals surface area contributed by atoms with E-state index in [0.29, 0.717) is 11.5 Å². The molecule has 2 N–H and O–H groups in total. The molecule has 7 heteroatoms. The van der Waals surface area contributed by atoms with Gasteiger partial charge >= 0.3 is 6.36 Å². The van der Waals surface area contributed by atoms with Gasteiger partial charge in [-0.05, 0) is 37.0 Å². The Morgan fingerprint density at radius 3 is 2.48 bits per heavy atom. The highest BCUT2D eigenvalue weighted by atomic mass is 19.4. The number of nitrogens with zero attached hydrogens (tertiary/aromatic N) is 1. The van der Waals surface area contributed by atoms with Gasteiger partial charge in [-0.3, -0.25) is 4.90 Å². The average molecular weight is 330 g/mol. The number of nitrogens with one attached hydrogen (secondary N) is 1. The molecular formula is C16H21F3N2O2. The van der Waals surface area contributed by atoms with Gasteiger partial charge in [0.05, 0.1) is 0 Å². The maximum absolute atomic E-state index is 12.5. The van der Waals surface area contributed by atoms with Gasteiger partial charge in [-0.1, -0.05) is 6.42 Å². The summed E-state index contributed by atoms with van der Waals surface area (Å²) in [7, 11) is 0. The van der Waals surface area contributed by atoms with Crippen molar-refractivity contribution in [3.8, 4) is 11.5 Å². The molecule has 1 heterocycles. The second kappa shape index (κ2) is 6.57. The second-order valence-electron chi connectivity index (χ2n) is 6.19. The first-order valence-corrected chi connectivity index (χ1v) is 7.97. The number of phenolic OH excluding ortho intramolecular Hbond substituents is 1. The molecule has 1 aromatic rings. The van der Waals surface area contributed by atoms with Crippen molar-refractivity contribution >= 4 is 0 Å². The van der Waals surface area contributed by atoms with Gasteiger partial charge in [0, 0.05) is 37.8 Å². The summed E-state index contributed by atoms with van der Waals surface area (Å²) in [4.78, 5) is 2.26. The molecule has 128 valence electrons. The Bertz CT molecular complexity index is 541. The summed E-state index contributed by atoms with van der Waals surface area (Å²) in [5, 5.41) is 13.5. The number of alkyl halides is 3. The molecule has 1 saturated carbocycles. The van der Waals surface area contributed by atoms with E-state index in [9.17, 15) is 18.3 Å². The molecule has 0 unspecified atom stereocenters. The molecule has 1 saturated heterocycles. The maximum Gasteiger partial charge on any atom is 0.573 e. The van der Waals surface area contributed by atoms with Gasteiger partial charge in [-0.2, -0.15) is 0 Å². The Balaban J connectivity index is 1.89. The fraction of sp³-hybridized carbons (Fsp3) is 0.625. The zero-order valence-electron chi connectivity index (χ0n) is 12.8. The highest BCUT2D eigenvalue weighted by Crippen LogP contribution is 2.45. The first-order chi connectivity index (χ1) is 10.9. The van der Waals surface area contributed by atoms with E-state index in [1.54, 1.807) is 0 Å². The largest absolute Gasteiger partial charge is 0.573 e.